The lowest BCUT2D eigenvalue weighted by atomic mass is 9.91. The van der Waals surface area contributed by atoms with Crippen LogP contribution in [-0.2, 0) is 38.1 Å². The molecule has 0 saturated carbocycles. The fourth-order valence-electron chi connectivity index (χ4n) is 2.38. The number of alkyl halides is 6. The van der Waals surface area contributed by atoms with Gasteiger partial charge < -0.3 is 18.9 Å². The Hall–Kier alpha value is -2.54. The average Bonchev–Trinajstić information content (AvgIpc) is 3.00. The molecule has 0 aromatic rings. The van der Waals surface area contributed by atoms with Gasteiger partial charge in [0.15, 0.2) is 0 Å². The molecule has 14 heteroatoms. The Kier molecular flexibility index (Phi) is 27.5. The molecule has 0 aliphatic heterocycles. The third-order valence-electron chi connectivity index (χ3n) is 8.14. The highest BCUT2D eigenvalue weighted by molar-refractivity contribution is 5.77. The van der Waals surface area contributed by atoms with Gasteiger partial charge in [-0.25, -0.2) is 26.3 Å². The second-order valence-electron chi connectivity index (χ2n) is 14.9. The Labute approximate surface area is 303 Å². The minimum atomic E-state index is -2.77. The van der Waals surface area contributed by atoms with Crippen molar-refractivity contribution in [3.63, 3.8) is 0 Å². The quantitative estimate of drug-likeness (QED) is 0.0774. The summed E-state index contributed by atoms with van der Waals surface area (Å²) in [6.45, 7) is 25.0. The van der Waals surface area contributed by atoms with E-state index in [0.29, 0.717) is 25.9 Å². The number of halogens is 6. The highest BCUT2D eigenvalue weighted by Crippen LogP contribution is 2.25. The minimum Gasteiger partial charge on any atom is -0.466 e. The Bertz CT molecular complexity index is 941. The number of rotatable bonds is 18. The van der Waals surface area contributed by atoms with Crippen LogP contribution in [0.15, 0.2) is 0 Å². The van der Waals surface area contributed by atoms with Gasteiger partial charge >= 0.3 is 23.9 Å². The van der Waals surface area contributed by atoms with E-state index < -0.39 is 65.3 Å². The third kappa shape index (κ3) is 30.8. The average molecular weight is 755 g/mol. The monoisotopic (exact) mass is 754 g/mol. The van der Waals surface area contributed by atoms with Crippen molar-refractivity contribution >= 4 is 23.9 Å². The van der Waals surface area contributed by atoms with E-state index in [0.717, 1.165) is 20.3 Å². The van der Waals surface area contributed by atoms with Gasteiger partial charge in [-0.05, 0) is 102 Å². The van der Waals surface area contributed by atoms with Gasteiger partial charge in [0.05, 0.1) is 48.1 Å². The molecule has 0 aliphatic carbocycles. The van der Waals surface area contributed by atoms with Crippen molar-refractivity contribution in [2.75, 3.05) is 26.4 Å². The molecule has 0 amide bonds. The zero-order chi connectivity index (χ0) is 41.5. The number of ether oxygens (including phenoxy) is 4. The zero-order valence-corrected chi connectivity index (χ0v) is 33.9. The number of esters is 4. The smallest absolute Gasteiger partial charge is 0.311 e. The number of hydrogen-bond donors (Lipinski definition) is 0. The molecule has 8 nitrogen and oxygen atoms in total. The molecule has 0 heterocycles. The van der Waals surface area contributed by atoms with E-state index in [1.54, 1.807) is 41.5 Å². The first kappa shape index (κ1) is 55.2. The van der Waals surface area contributed by atoms with Crippen LogP contribution in [0.25, 0.3) is 0 Å². The largest absolute Gasteiger partial charge is 0.466 e. The van der Waals surface area contributed by atoms with Gasteiger partial charge in [0.25, 0.3) is 0 Å². The van der Waals surface area contributed by atoms with E-state index in [9.17, 15) is 45.5 Å². The summed E-state index contributed by atoms with van der Waals surface area (Å²) >= 11 is 0. The SMILES string of the molecule is CCC(C)(C)C(=O)OCCC(C)(F)F.CCC(C)(C)C(=O)OCCC(C)(F)F.CCC(C)(C)C(=O)OCCC(F)F.CCOC(=O)C(C)(C)CC. The Morgan fingerprint density at radius 1 is 0.451 bits per heavy atom. The van der Waals surface area contributed by atoms with Gasteiger partial charge in [-0.3, -0.25) is 19.2 Å². The summed E-state index contributed by atoms with van der Waals surface area (Å²) in [6.07, 6.45) is -0.893. The molecule has 306 valence electrons. The third-order valence-corrected chi connectivity index (χ3v) is 8.14. The molecule has 51 heavy (non-hydrogen) atoms. The molecule has 0 aromatic carbocycles. The van der Waals surface area contributed by atoms with Gasteiger partial charge in [0.2, 0.25) is 18.3 Å². The molecule has 0 atom stereocenters. The Morgan fingerprint density at radius 2 is 0.686 bits per heavy atom. The van der Waals surface area contributed by atoms with Gasteiger partial charge in [0, 0.05) is 19.3 Å². The number of hydrogen-bond acceptors (Lipinski definition) is 8. The highest BCUT2D eigenvalue weighted by Gasteiger charge is 2.30. The fraction of sp³-hybridized carbons (Fsp3) is 0.892. The maximum absolute atomic E-state index is 12.4. The van der Waals surface area contributed by atoms with Crippen LogP contribution < -0.4 is 0 Å². The lowest BCUT2D eigenvalue weighted by molar-refractivity contribution is -0.156. The first-order chi connectivity index (χ1) is 22.8. The van der Waals surface area contributed by atoms with Crippen molar-refractivity contribution in [1.29, 1.82) is 0 Å². The van der Waals surface area contributed by atoms with Crippen molar-refractivity contribution in [3.8, 4) is 0 Å². The Morgan fingerprint density at radius 3 is 0.882 bits per heavy atom. The van der Waals surface area contributed by atoms with E-state index in [4.69, 9.17) is 14.2 Å². The minimum absolute atomic E-state index is 0.0995. The first-order valence-corrected chi connectivity index (χ1v) is 17.5. The van der Waals surface area contributed by atoms with Crippen molar-refractivity contribution < 1.29 is 64.5 Å². The summed E-state index contributed by atoms with van der Waals surface area (Å²) in [7, 11) is 0. The first-order valence-electron chi connectivity index (χ1n) is 17.5. The summed E-state index contributed by atoms with van der Waals surface area (Å²) in [5.41, 5.74) is -2.04. The van der Waals surface area contributed by atoms with Gasteiger partial charge in [0.1, 0.15) is 0 Å². The molecular formula is C37H68F6O8. The van der Waals surface area contributed by atoms with Crippen LogP contribution >= 0.6 is 0 Å². The molecule has 0 spiro atoms. The summed E-state index contributed by atoms with van der Waals surface area (Å²) in [6, 6.07) is 0. The van der Waals surface area contributed by atoms with Gasteiger partial charge in [-0.1, -0.05) is 27.7 Å². The van der Waals surface area contributed by atoms with Crippen LogP contribution in [0, 0.1) is 21.7 Å². The topological polar surface area (TPSA) is 105 Å². The lowest BCUT2D eigenvalue weighted by Crippen LogP contribution is -2.27. The van der Waals surface area contributed by atoms with E-state index in [1.165, 1.54) is 0 Å². The standard InChI is InChI=1S/2C10H18F2O2.C9H16F2O2.C8H16O2/c2*1-5-9(2,3)8(13)14-7-6-10(4,11)12;1-4-9(2,3)8(12)13-6-5-7(10)11;1-5-8(3,4)7(9)10-6-2/h2*5-7H2,1-4H3;7H,4-6H2,1-3H3;5-6H2,1-4H3. The van der Waals surface area contributed by atoms with E-state index in [2.05, 4.69) is 4.74 Å². The molecular weight excluding hydrogens is 686 g/mol. The predicted octanol–water partition coefficient (Wildman–Crippen LogP) is 10.6. The maximum Gasteiger partial charge on any atom is 0.311 e. The summed E-state index contributed by atoms with van der Waals surface area (Å²) in [4.78, 5) is 44.9. The molecule has 0 saturated heterocycles. The van der Waals surface area contributed by atoms with E-state index in [1.807, 2.05) is 48.5 Å². The van der Waals surface area contributed by atoms with E-state index >= 15 is 0 Å². The Balaban J connectivity index is -0.000000291. The molecule has 0 aromatic heterocycles. The summed E-state index contributed by atoms with van der Waals surface area (Å²) < 4.78 is 91.8. The van der Waals surface area contributed by atoms with Crippen LogP contribution in [0.1, 0.15) is 149 Å². The molecule has 0 fully saturated rings. The molecule has 0 radical (unpaired) electrons. The number of carbonyl (C=O) groups is 4. The fourth-order valence-corrected chi connectivity index (χ4v) is 2.38. The van der Waals surface area contributed by atoms with Crippen molar-refractivity contribution in [1.82, 2.24) is 0 Å². The van der Waals surface area contributed by atoms with Gasteiger partial charge in [-0.15, -0.1) is 0 Å². The van der Waals surface area contributed by atoms with Crippen LogP contribution in [0.5, 0.6) is 0 Å². The van der Waals surface area contributed by atoms with Crippen LogP contribution in [0.3, 0.4) is 0 Å². The molecule has 0 aliphatic rings. The highest BCUT2D eigenvalue weighted by atomic mass is 19.3. The lowest BCUT2D eigenvalue weighted by Gasteiger charge is -2.20. The number of carbonyl (C=O) groups excluding carboxylic acids is 4. The predicted molar refractivity (Wildman–Crippen MR) is 187 cm³/mol. The van der Waals surface area contributed by atoms with Gasteiger partial charge in [-0.2, -0.15) is 0 Å². The normalized spacial score (nSPS) is 12.2. The van der Waals surface area contributed by atoms with Crippen LogP contribution in [-0.4, -0.2) is 68.6 Å². The summed E-state index contributed by atoms with van der Waals surface area (Å²) in [5, 5.41) is 0. The van der Waals surface area contributed by atoms with Crippen molar-refractivity contribution in [2.45, 2.75) is 167 Å². The van der Waals surface area contributed by atoms with Crippen LogP contribution in [0.2, 0.25) is 0 Å². The molecule has 0 unspecified atom stereocenters. The molecule has 0 bridgehead atoms. The van der Waals surface area contributed by atoms with Crippen molar-refractivity contribution in [3.05, 3.63) is 0 Å². The summed E-state index contributed by atoms with van der Waals surface area (Å²) in [5.74, 6) is -6.87. The van der Waals surface area contributed by atoms with Crippen LogP contribution in [0.4, 0.5) is 26.3 Å². The second kappa shape index (κ2) is 25.4. The van der Waals surface area contributed by atoms with E-state index in [-0.39, 0.29) is 37.6 Å². The maximum atomic E-state index is 12.4. The second-order valence-corrected chi connectivity index (χ2v) is 14.9. The molecule has 0 rings (SSSR count). The zero-order valence-electron chi connectivity index (χ0n) is 33.9. The molecule has 0 N–H and O–H groups in total. The van der Waals surface area contributed by atoms with Crippen molar-refractivity contribution in [2.24, 2.45) is 21.7 Å².